The molecule has 0 spiro atoms. The van der Waals surface area contributed by atoms with Crippen molar-refractivity contribution >= 4 is 17.7 Å². The van der Waals surface area contributed by atoms with E-state index in [-0.39, 0.29) is 12.5 Å². The average Bonchev–Trinajstić information content (AvgIpc) is 3.24. The summed E-state index contributed by atoms with van der Waals surface area (Å²) in [6.45, 7) is 2.87. The summed E-state index contributed by atoms with van der Waals surface area (Å²) in [6.07, 6.45) is 4.03. The van der Waals surface area contributed by atoms with Gasteiger partial charge >= 0.3 is 12.0 Å². The van der Waals surface area contributed by atoms with E-state index in [2.05, 4.69) is 17.6 Å². The zero-order chi connectivity index (χ0) is 15.3. The van der Waals surface area contributed by atoms with Crippen LogP contribution >= 0.6 is 0 Å². The van der Waals surface area contributed by atoms with Crippen molar-refractivity contribution in [1.29, 1.82) is 0 Å². The molecule has 1 saturated carbocycles. The predicted molar refractivity (Wildman–Crippen MR) is 81.4 cm³/mol. The van der Waals surface area contributed by atoms with Crippen LogP contribution in [0.15, 0.2) is 24.3 Å². The summed E-state index contributed by atoms with van der Waals surface area (Å²) in [7, 11) is 0. The molecule has 0 bridgehead atoms. The number of urea groups is 1. The van der Waals surface area contributed by atoms with Crippen LogP contribution in [0.25, 0.3) is 0 Å². The Bertz CT molecular complexity index is 524. The van der Waals surface area contributed by atoms with E-state index in [4.69, 9.17) is 5.11 Å². The van der Waals surface area contributed by atoms with E-state index in [0.29, 0.717) is 24.1 Å². The Morgan fingerprint density at radius 1 is 1.33 bits per heavy atom. The second-order valence-corrected chi connectivity index (χ2v) is 5.76. The minimum atomic E-state index is -0.819. The normalized spacial score (nSPS) is 15.3. The molecule has 0 heterocycles. The van der Waals surface area contributed by atoms with Gasteiger partial charge in [-0.1, -0.05) is 19.1 Å². The summed E-state index contributed by atoms with van der Waals surface area (Å²) in [5.74, 6) is -0.819. The standard InChI is InChI=1S/C16H22N2O3/c1-2-16(8-9-16)11-17-15(21)18-13-5-3-4-12(10-13)6-7-14(19)20/h3-5,10H,2,6-9,11H2,1H3,(H,19,20)(H2,17,18,21). The third-order valence-corrected chi connectivity index (χ3v) is 4.14. The van der Waals surface area contributed by atoms with Crippen LogP contribution in [0.3, 0.4) is 0 Å². The first kappa shape index (κ1) is 15.4. The Morgan fingerprint density at radius 3 is 2.71 bits per heavy atom. The molecule has 0 aliphatic heterocycles. The minimum absolute atomic E-state index is 0.0919. The highest BCUT2D eigenvalue weighted by Gasteiger charge is 2.40. The van der Waals surface area contributed by atoms with Crippen molar-refractivity contribution in [3.8, 4) is 0 Å². The molecule has 3 N–H and O–H groups in total. The number of aliphatic carboxylic acids is 1. The topological polar surface area (TPSA) is 78.4 Å². The lowest BCUT2D eigenvalue weighted by atomic mass is 10.0. The van der Waals surface area contributed by atoms with E-state index in [0.717, 1.165) is 12.0 Å². The zero-order valence-electron chi connectivity index (χ0n) is 12.3. The SMILES string of the molecule is CCC1(CNC(=O)Nc2cccc(CCC(=O)O)c2)CC1. The Morgan fingerprint density at radius 2 is 2.10 bits per heavy atom. The molecule has 2 amide bonds. The van der Waals surface area contributed by atoms with Crippen molar-refractivity contribution in [2.45, 2.75) is 39.0 Å². The lowest BCUT2D eigenvalue weighted by Gasteiger charge is -2.14. The van der Waals surface area contributed by atoms with E-state index >= 15 is 0 Å². The number of amides is 2. The number of carbonyl (C=O) groups excluding carboxylic acids is 1. The van der Waals surface area contributed by atoms with Gasteiger partial charge in [0.2, 0.25) is 0 Å². The Balaban J connectivity index is 1.82. The molecule has 0 unspecified atom stereocenters. The number of carboxylic acids is 1. The Kier molecular flexibility index (Phi) is 4.83. The van der Waals surface area contributed by atoms with Crippen molar-refractivity contribution in [3.05, 3.63) is 29.8 Å². The number of rotatable bonds is 7. The number of anilines is 1. The second kappa shape index (κ2) is 6.61. The summed E-state index contributed by atoms with van der Waals surface area (Å²) in [5, 5.41) is 14.4. The number of carbonyl (C=O) groups is 2. The number of aryl methyl sites for hydroxylation is 1. The van der Waals surface area contributed by atoms with Gasteiger partial charge in [-0.05, 0) is 48.8 Å². The molecule has 0 radical (unpaired) electrons. The van der Waals surface area contributed by atoms with Crippen molar-refractivity contribution in [2.75, 3.05) is 11.9 Å². The molecular weight excluding hydrogens is 268 g/mol. The van der Waals surface area contributed by atoms with Gasteiger partial charge in [0.15, 0.2) is 0 Å². The smallest absolute Gasteiger partial charge is 0.319 e. The summed E-state index contributed by atoms with van der Waals surface area (Å²) in [4.78, 5) is 22.4. The van der Waals surface area contributed by atoms with Gasteiger partial charge in [-0.25, -0.2) is 4.79 Å². The largest absolute Gasteiger partial charge is 0.481 e. The molecular formula is C16H22N2O3. The lowest BCUT2D eigenvalue weighted by Crippen LogP contribution is -2.33. The van der Waals surface area contributed by atoms with Gasteiger partial charge < -0.3 is 15.7 Å². The monoisotopic (exact) mass is 290 g/mol. The molecule has 1 fully saturated rings. The predicted octanol–water partition coefficient (Wildman–Crippen LogP) is 3.02. The highest BCUT2D eigenvalue weighted by Crippen LogP contribution is 2.47. The van der Waals surface area contributed by atoms with Gasteiger partial charge in [0.1, 0.15) is 0 Å². The number of benzene rings is 1. The first-order valence-electron chi connectivity index (χ1n) is 7.39. The molecule has 114 valence electrons. The highest BCUT2D eigenvalue weighted by molar-refractivity contribution is 5.89. The molecule has 1 aliphatic carbocycles. The summed E-state index contributed by atoms with van der Waals surface area (Å²) < 4.78 is 0. The van der Waals surface area contributed by atoms with Crippen molar-refractivity contribution in [1.82, 2.24) is 5.32 Å². The second-order valence-electron chi connectivity index (χ2n) is 5.76. The Hall–Kier alpha value is -2.04. The van der Waals surface area contributed by atoms with Crippen molar-refractivity contribution in [3.63, 3.8) is 0 Å². The Labute approximate surface area is 124 Å². The minimum Gasteiger partial charge on any atom is -0.481 e. The maximum atomic E-state index is 11.9. The van der Waals surface area contributed by atoms with Gasteiger partial charge in [-0.15, -0.1) is 0 Å². The van der Waals surface area contributed by atoms with Crippen LogP contribution in [-0.4, -0.2) is 23.7 Å². The quantitative estimate of drug-likeness (QED) is 0.722. The van der Waals surface area contributed by atoms with Gasteiger partial charge in [0.05, 0.1) is 0 Å². The fourth-order valence-corrected chi connectivity index (χ4v) is 2.33. The van der Waals surface area contributed by atoms with E-state index in [1.165, 1.54) is 12.8 Å². The van der Waals surface area contributed by atoms with Crippen LogP contribution in [0.1, 0.15) is 38.2 Å². The fraction of sp³-hybridized carbons (Fsp3) is 0.500. The third kappa shape index (κ3) is 4.77. The van der Waals surface area contributed by atoms with Gasteiger partial charge in [-0.3, -0.25) is 4.79 Å². The lowest BCUT2D eigenvalue weighted by molar-refractivity contribution is -0.136. The molecule has 0 saturated heterocycles. The summed E-state index contributed by atoms with van der Waals surface area (Å²) in [6, 6.07) is 7.10. The van der Waals surface area contributed by atoms with Crippen molar-refractivity contribution < 1.29 is 14.7 Å². The number of hydrogen-bond acceptors (Lipinski definition) is 2. The molecule has 0 atom stereocenters. The van der Waals surface area contributed by atoms with E-state index in [1.54, 1.807) is 6.07 Å². The van der Waals surface area contributed by atoms with Crippen LogP contribution in [-0.2, 0) is 11.2 Å². The average molecular weight is 290 g/mol. The van der Waals surface area contributed by atoms with Gasteiger partial charge in [-0.2, -0.15) is 0 Å². The third-order valence-electron chi connectivity index (χ3n) is 4.14. The van der Waals surface area contributed by atoms with Crippen LogP contribution in [0, 0.1) is 5.41 Å². The molecule has 1 aromatic carbocycles. The first-order chi connectivity index (χ1) is 10.0. The van der Waals surface area contributed by atoms with E-state index in [9.17, 15) is 9.59 Å². The molecule has 1 aliphatic rings. The maximum absolute atomic E-state index is 11.9. The maximum Gasteiger partial charge on any atom is 0.319 e. The van der Waals surface area contributed by atoms with Crippen molar-refractivity contribution in [2.24, 2.45) is 5.41 Å². The van der Waals surface area contributed by atoms with Gasteiger partial charge in [0.25, 0.3) is 0 Å². The zero-order valence-corrected chi connectivity index (χ0v) is 12.3. The van der Waals surface area contributed by atoms with E-state index in [1.807, 2.05) is 18.2 Å². The summed E-state index contributed by atoms with van der Waals surface area (Å²) >= 11 is 0. The number of hydrogen-bond donors (Lipinski definition) is 3. The molecule has 0 aromatic heterocycles. The molecule has 2 rings (SSSR count). The van der Waals surface area contributed by atoms with Crippen LogP contribution < -0.4 is 10.6 Å². The molecule has 5 nitrogen and oxygen atoms in total. The fourth-order valence-electron chi connectivity index (χ4n) is 2.33. The van der Waals surface area contributed by atoms with E-state index < -0.39 is 5.97 Å². The molecule has 1 aromatic rings. The highest BCUT2D eigenvalue weighted by atomic mass is 16.4. The summed E-state index contributed by atoms with van der Waals surface area (Å²) in [5.41, 5.74) is 1.92. The van der Waals surface area contributed by atoms with Crippen LogP contribution in [0.4, 0.5) is 10.5 Å². The molecule has 21 heavy (non-hydrogen) atoms. The number of carboxylic acid groups (broad SMARTS) is 1. The first-order valence-corrected chi connectivity index (χ1v) is 7.39. The van der Waals surface area contributed by atoms with Crippen LogP contribution in [0.5, 0.6) is 0 Å². The van der Waals surface area contributed by atoms with Crippen LogP contribution in [0.2, 0.25) is 0 Å². The molecule has 5 heteroatoms. The number of nitrogens with one attached hydrogen (secondary N) is 2. The van der Waals surface area contributed by atoms with Gasteiger partial charge in [0, 0.05) is 18.7 Å².